The first-order valence-corrected chi connectivity index (χ1v) is 7.97. The van der Waals surface area contributed by atoms with Crippen LogP contribution in [0.5, 0.6) is 0 Å². The lowest BCUT2D eigenvalue weighted by atomic mass is 9.96. The zero-order chi connectivity index (χ0) is 15.4. The second kappa shape index (κ2) is 6.88. The van der Waals surface area contributed by atoms with E-state index in [2.05, 4.69) is 46.9 Å². The topological polar surface area (TPSA) is 38.2 Å². The molecule has 116 valence electrons. The van der Waals surface area contributed by atoms with Crippen molar-refractivity contribution in [2.24, 2.45) is 5.92 Å². The Hall–Kier alpha value is -1.94. The Bertz CT molecular complexity index is 607. The third-order valence-corrected chi connectivity index (χ3v) is 3.90. The molecule has 3 rings (SSSR count). The average Bonchev–Trinajstić information content (AvgIpc) is 2.56. The van der Waals surface area contributed by atoms with Crippen molar-refractivity contribution in [3.05, 3.63) is 42.2 Å². The molecule has 1 aromatic carbocycles. The van der Waals surface area contributed by atoms with Crippen LogP contribution < -0.4 is 4.90 Å². The molecule has 1 aliphatic heterocycles. The van der Waals surface area contributed by atoms with Crippen molar-refractivity contribution < 1.29 is 4.74 Å². The molecule has 1 aromatic heterocycles. The first-order chi connectivity index (χ1) is 10.7. The highest BCUT2D eigenvalue weighted by molar-refractivity contribution is 5.67. The minimum absolute atomic E-state index is 0.608. The monoisotopic (exact) mass is 297 g/mol. The molecular weight excluding hydrogens is 274 g/mol. The van der Waals surface area contributed by atoms with Crippen molar-refractivity contribution >= 4 is 5.69 Å². The van der Waals surface area contributed by atoms with Gasteiger partial charge in [0.2, 0.25) is 0 Å². The van der Waals surface area contributed by atoms with Gasteiger partial charge in [0.15, 0.2) is 5.82 Å². The van der Waals surface area contributed by atoms with E-state index in [0.29, 0.717) is 5.92 Å². The zero-order valence-corrected chi connectivity index (χ0v) is 13.3. The Labute approximate surface area is 132 Å². The van der Waals surface area contributed by atoms with Crippen molar-refractivity contribution in [3.8, 4) is 11.4 Å². The summed E-state index contributed by atoms with van der Waals surface area (Å²) >= 11 is 0. The summed E-state index contributed by atoms with van der Waals surface area (Å²) < 4.78 is 5.45. The van der Waals surface area contributed by atoms with Gasteiger partial charge in [-0.3, -0.25) is 0 Å². The normalized spacial score (nSPS) is 15.3. The second-order valence-electron chi connectivity index (χ2n) is 6.11. The van der Waals surface area contributed by atoms with Crippen LogP contribution in [0.25, 0.3) is 11.4 Å². The molecule has 1 aliphatic rings. The van der Waals surface area contributed by atoms with Crippen molar-refractivity contribution in [1.82, 2.24) is 9.97 Å². The number of hydrogen-bond donors (Lipinski definition) is 0. The van der Waals surface area contributed by atoms with Gasteiger partial charge in [-0.1, -0.05) is 19.9 Å². The molecule has 2 heterocycles. The fourth-order valence-electron chi connectivity index (χ4n) is 2.85. The Balaban J connectivity index is 1.98. The highest BCUT2D eigenvalue weighted by atomic mass is 16.5. The molecule has 4 heteroatoms. The second-order valence-corrected chi connectivity index (χ2v) is 6.11. The summed E-state index contributed by atoms with van der Waals surface area (Å²) in [5.41, 5.74) is 3.70. The molecule has 0 amide bonds. The van der Waals surface area contributed by atoms with E-state index in [9.17, 15) is 0 Å². The summed E-state index contributed by atoms with van der Waals surface area (Å²) in [5.74, 6) is 1.42. The third kappa shape index (κ3) is 3.45. The van der Waals surface area contributed by atoms with Gasteiger partial charge < -0.3 is 9.64 Å². The summed E-state index contributed by atoms with van der Waals surface area (Å²) in [7, 11) is 0. The summed E-state index contributed by atoms with van der Waals surface area (Å²) in [4.78, 5) is 11.3. The van der Waals surface area contributed by atoms with Crippen LogP contribution in [-0.2, 0) is 11.2 Å². The van der Waals surface area contributed by atoms with Crippen LogP contribution in [0.2, 0.25) is 0 Å². The maximum Gasteiger partial charge on any atom is 0.159 e. The molecule has 0 atom stereocenters. The number of rotatable bonds is 4. The molecule has 0 aliphatic carbocycles. The van der Waals surface area contributed by atoms with Gasteiger partial charge >= 0.3 is 0 Å². The SMILES string of the molecule is CC(C)Cc1ccc(N2CCOCC2)cc1-c1ncccn1. The van der Waals surface area contributed by atoms with Crippen molar-refractivity contribution in [2.45, 2.75) is 20.3 Å². The predicted molar refractivity (Wildman–Crippen MR) is 89.0 cm³/mol. The maximum absolute atomic E-state index is 5.45. The van der Waals surface area contributed by atoms with Crippen LogP contribution in [0.15, 0.2) is 36.7 Å². The molecule has 0 radical (unpaired) electrons. The number of anilines is 1. The van der Waals surface area contributed by atoms with E-state index in [1.807, 2.05) is 18.5 Å². The molecule has 22 heavy (non-hydrogen) atoms. The molecule has 1 fully saturated rings. The molecule has 4 nitrogen and oxygen atoms in total. The number of nitrogens with zero attached hydrogens (tertiary/aromatic N) is 3. The summed E-state index contributed by atoms with van der Waals surface area (Å²) in [6.07, 6.45) is 4.66. The lowest BCUT2D eigenvalue weighted by molar-refractivity contribution is 0.122. The van der Waals surface area contributed by atoms with Gasteiger partial charge in [-0.05, 0) is 36.1 Å². The number of benzene rings is 1. The van der Waals surface area contributed by atoms with Gasteiger partial charge in [-0.25, -0.2) is 9.97 Å². The van der Waals surface area contributed by atoms with Gasteiger partial charge in [-0.2, -0.15) is 0 Å². The van der Waals surface area contributed by atoms with Crippen LogP contribution in [0, 0.1) is 5.92 Å². The minimum atomic E-state index is 0.608. The molecular formula is C18H23N3O. The first kappa shape index (κ1) is 15.0. The zero-order valence-electron chi connectivity index (χ0n) is 13.3. The van der Waals surface area contributed by atoms with E-state index in [1.54, 1.807) is 0 Å². The van der Waals surface area contributed by atoms with Crippen molar-refractivity contribution in [3.63, 3.8) is 0 Å². The van der Waals surface area contributed by atoms with E-state index < -0.39 is 0 Å². The minimum Gasteiger partial charge on any atom is -0.378 e. The first-order valence-electron chi connectivity index (χ1n) is 7.97. The van der Waals surface area contributed by atoms with E-state index in [-0.39, 0.29) is 0 Å². The molecule has 0 spiro atoms. The molecule has 2 aromatic rings. The Kier molecular flexibility index (Phi) is 4.68. The van der Waals surface area contributed by atoms with Crippen molar-refractivity contribution in [1.29, 1.82) is 0 Å². The number of ether oxygens (including phenoxy) is 1. The lowest BCUT2D eigenvalue weighted by Crippen LogP contribution is -2.36. The number of morpholine rings is 1. The summed E-state index contributed by atoms with van der Waals surface area (Å²) in [5, 5.41) is 0. The molecule has 0 N–H and O–H groups in total. The standard InChI is InChI=1S/C18H23N3O/c1-14(2)12-15-4-5-16(21-8-10-22-11-9-21)13-17(15)18-19-6-3-7-20-18/h3-7,13-14H,8-12H2,1-2H3. The summed E-state index contributed by atoms with van der Waals surface area (Å²) in [6.45, 7) is 7.96. The Morgan fingerprint density at radius 3 is 2.55 bits per heavy atom. The molecule has 0 bridgehead atoms. The molecule has 1 saturated heterocycles. The quantitative estimate of drug-likeness (QED) is 0.869. The highest BCUT2D eigenvalue weighted by Gasteiger charge is 2.15. The van der Waals surface area contributed by atoms with Gasteiger partial charge in [0.1, 0.15) is 0 Å². The fourth-order valence-corrected chi connectivity index (χ4v) is 2.85. The van der Waals surface area contributed by atoms with E-state index in [1.165, 1.54) is 11.3 Å². The van der Waals surface area contributed by atoms with Gasteiger partial charge in [0.25, 0.3) is 0 Å². The number of hydrogen-bond acceptors (Lipinski definition) is 4. The largest absolute Gasteiger partial charge is 0.378 e. The average molecular weight is 297 g/mol. The Morgan fingerprint density at radius 2 is 1.86 bits per heavy atom. The Morgan fingerprint density at radius 1 is 1.14 bits per heavy atom. The number of aromatic nitrogens is 2. The summed E-state index contributed by atoms with van der Waals surface area (Å²) in [6, 6.07) is 8.54. The lowest BCUT2D eigenvalue weighted by Gasteiger charge is -2.29. The van der Waals surface area contributed by atoms with E-state index in [4.69, 9.17) is 4.74 Å². The highest BCUT2D eigenvalue weighted by Crippen LogP contribution is 2.28. The van der Waals surface area contributed by atoms with Crippen LogP contribution in [0.4, 0.5) is 5.69 Å². The van der Waals surface area contributed by atoms with Crippen LogP contribution in [0.3, 0.4) is 0 Å². The fraction of sp³-hybridized carbons (Fsp3) is 0.444. The smallest absolute Gasteiger partial charge is 0.159 e. The molecule has 0 saturated carbocycles. The van der Waals surface area contributed by atoms with Crippen LogP contribution in [-0.4, -0.2) is 36.3 Å². The van der Waals surface area contributed by atoms with Gasteiger partial charge in [-0.15, -0.1) is 0 Å². The third-order valence-electron chi connectivity index (χ3n) is 3.90. The maximum atomic E-state index is 5.45. The van der Waals surface area contributed by atoms with E-state index in [0.717, 1.165) is 44.1 Å². The predicted octanol–water partition coefficient (Wildman–Crippen LogP) is 3.18. The van der Waals surface area contributed by atoms with Gasteiger partial charge in [0.05, 0.1) is 13.2 Å². The van der Waals surface area contributed by atoms with Crippen molar-refractivity contribution in [2.75, 3.05) is 31.2 Å². The van der Waals surface area contributed by atoms with Crippen LogP contribution in [0.1, 0.15) is 19.4 Å². The molecule has 0 unspecified atom stereocenters. The van der Waals surface area contributed by atoms with Crippen LogP contribution >= 0.6 is 0 Å². The van der Waals surface area contributed by atoms with Gasteiger partial charge in [0, 0.05) is 36.7 Å². The van der Waals surface area contributed by atoms with E-state index >= 15 is 0 Å².